The molecule has 1 N–H and O–H groups in total. The number of anilines is 1. The van der Waals surface area contributed by atoms with E-state index in [2.05, 4.69) is 26.0 Å². The third kappa shape index (κ3) is 4.97. The minimum Gasteiger partial charge on any atom is -0.406 e. The summed E-state index contributed by atoms with van der Waals surface area (Å²) in [5, 5.41) is 3.27. The lowest BCUT2D eigenvalue weighted by molar-refractivity contribution is -0.274. The molecule has 1 atom stereocenters. The maximum absolute atomic E-state index is 12.1. The summed E-state index contributed by atoms with van der Waals surface area (Å²) < 4.78 is 41.1. The second kappa shape index (κ2) is 6.39. The molecule has 0 aliphatic heterocycles. The van der Waals surface area contributed by atoms with Crippen LogP contribution >= 0.6 is 15.9 Å². The number of benzene rings is 2. The van der Waals surface area contributed by atoms with Crippen molar-refractivity contribution in [2.45, 2.75) is 19.3 Å². The quantitative estimate of drug-likeness (QED) is 0.775. The summed E-state index contributed by atoms with van der Waals surface area (Å²) in [7, 11) is 0. The van der Waals surface area contributed by atoms with Crippen LogP contribution in [0.15, 0.2) is 53.0 Å². The number of rotatable bonds is 4. The first-order valence-electron chi connectivity index (χ1n) is 6.21. The van der Waals surface area contributed by atoms with Gasteiger partial charge >= 0.3 is 6.36 Å². The van der Waals surface area contributed by atoms with E-state index in [1.54, 1.807) is 12.1 Å². The van der Waals surface area contributed by atoms with Crippen LogP contribution in [0.4, 0.5) is 18.9 Å². The van der Waals surface area contributed by atoms with Gasteiger partial charge in [-0.1, -0.05) is 28.1 Å². The highest BCUT2D eigenvalue weighted by atomic mass is 79.9. The Morgan fingerprint density at radius 3 is 2.10 bits per heavy atom. The van der Waals surface area contributed by atoms with Crippen LogP contribution in [0.1, 0.15) is 18.5 Å². The van der Waals surface area contributed by atoms with E-state index >= 15 is 0 Å². The molecule has 0 radical (unpaired) electrons. The number of hydrogen-bond donors (Lipinski definition) is 1. The Hall–Kier alpha value is -1.69. The Kier molecular flexibility index (Phi) is 4.77. The summed E-state index contributed by atoms with van der Waals surface area (Å²) >= 11 is 3.35. The number of alkyl halides is 3. The van der Waals surface area contributed by atoms with E-state index in [9.17, 15) is 13.2 Å². The fraction of sp³-hybridized carbons (Fsp3) is 0.200. The molecule has 1 unspecified atom stereocenters. The van der Waals surface area contributed by atoms with Gasteiger partial charge in [-0.3, -0.25) is 0 Å². The zero-order valence-corrected chi connectivity index (χ0v) is 12.7. The topological polar surface area (TPSA) is 21.3 Å². The molecular formula is C15H13BrF3NO. The maximum atomic E-state index is 12.1. The van der Waals surface area contributed by atoms with Crippen LogP contribution in [0.2, 0.25) is 0 Å². The zero-order valence-electron chi connectivity index (χ0n) is 11.1. The van der Waals surface area contributed by atoms with Gasteiger partial charge in [-0.2, -0.15) is 0 Å². The van der Waals surface area contributed by atoms with Gasteiger partial charge in [0.1, 0.15) is 5.75 Å². The van der Waals surface area contributed by atoms with E-state index in [4.69, 9.17) is 0 Å². The highest BCUT2D eigenvalue weighted by Gasteiger charge is 2.30. The average Bonchev–Trinajstić information content (AvgIpc) is 2.40. The lowest BCUT2D eigenvalue weighted by Gasteiger charge is -2.16. The standard InChI is InChI=1S/C15H13BrF3NO/c1-10(20-13-6-4-12(16)5-7-13)11-2-8-14(9-3-11)21-15(17,18)19/h2-10,20H,1H3. The van der Waals surface area contributed by atoms with Gasteiger partial charge in [0.2, 0.25) is 0 Å². The molecule has 0 bridgehead atoms. The number of ether oxygens (including phenoxy) is 1. The zero-order chi connectivity index (χ0) is 15.5. The molecule has 0 fully saturated rings. The minimum atomic E-state index is -4.66. The molecule has 0 saturated heterocycles. The van der Waals surface area contributed by atoms with Crippen molar-refractivity contribution in [3.8, 4) is 5.75 Å². The van der Waals surface area contributed by atoms with Crippen molar-refractivity contribution in [2.75, 3.05) is 5.32 Å². The lowest BCUT2D eigenvalue weighted by atomic mass is 10.1. The average molecular weight is 360 g/mol. The molecular weight excluding hydrogens is 347 g/mol. The summed E-state index contributed by atoms with van der Waals surface area (Å²) in [6, 6.07) is 13.5. The summed E-state index contributed by atoms with van der Waals surface area (Å²) in [5.74, 6) is -0.220. The first-order chi connectivity index (χ1) is 9.83. The van der Waals surface area contributed by atoms with Gasteiger partial charge in [0.25, 0.3) is 0 Å². The van der Waals surface area contributed by atoms with E-state index in [-0.39, 0.29) is 11.8 Å². The Morgan fingerprint density at radius 2 is 1.57 bits per heavy atom. The molecule has 21 heavy (non-hydrogen) atoms. The van der Waals surface area contributed by atoms with Gasteiger partial charge in [-0.25, -0.2) is 0 Å². The van der Waals surface area contributed by atoms with E-state index in [1.165, 1.54) is 12.1 Å². The number of hydrogen-bond acceptors (Lipinski definition) is 2. The van der Waals surface area contributed by atoms with Crippen molar-refractivity contribution in [1.29, 1.82) is 0 Å². The van der Waals surface area contributed by atoms with Crippen molar-refractivity contribution in [1.82, 2.24) is 0 Å². The van der Waals surface area contributed by atoms with Crippen LogP contribution in [0.25, 0.3) is 0 Å². The van der Waals surface area contributed by atoms with Crippen LogP contribution in [-0.4, -0.2) is 6.36 Å². The summed E-state index contributed by atoms with van der Waals surface area (Å²) in [4.78, 5) is 0. The Morgan fingerprint density at radius 1 is 1.00 bits per heavy atom. The molecule has 2 aromatic rings. The monoisotopic (exact) mass is 359 g/mol. The van der Waals surface area contributed by atoms with Crippen molar-refractivity contribution in [2.24, 2.45) is 0 Å². The first kappa shape index (κ1) is 15.7. The van der Waals surface area contributed by atoms with Crippen LogP contribution in [-0.2, 0) is 0 Å². The fourth-order valence-corrected chi connectivity index (χ4v) is 2.10. The second-order valence-corrected chi connectivity index (χ2v) is 5.41. The summed E-state index contributed by atoms with van der Waals surface area (Å²) in [6.45, 7) is 1.93. The highest BCUT2D eigenvalue weighted by Crippen LogP contribution is 2.26. The maximum Gasteiger partial charge on any atom is 0.573 e. The molecule has 2 nitrogen and oxygen atoms in total. The molecule has 2 aromatic carbocycles. The van der Waals surface area contributed by atoms with Gasteiger partial charge in [-0.15, -0.1) is 13.2 Å². The molecule has 0 aliphatic rings. The van der Waals surface area contributed by atoms with E-state index < -0.39 is 6.36 Å². The number of nitrogens with one attached hydrogen (secondary N) is 1. The van der Waals surface area contributed by atoms with Crippen LogP contribution in [0.3, 0.4) is 0 Å². The molecule has 6 heteroatoms. The predicted octanol–water partition coefficient (Wildman–Crippen LogP) is 5.52. The van der Waals surface area contributed by atoms with Gasteiger partial charge in [0.15, 0.2) is 0 Å². The van der Waals surface area contributed by atoms with Crippen molar-refractivity contribution in [3.63, 3.8) is 0 Å². The van der Waals surface area contributed by atoms with Crippen molar-refractivity contribution < 1.29 is 17.9 Å². The molecule has 0 saturated carbocycles. The van der Waals surface area contributed by atoms with Gasteiger partial charge in [0, 0.05) is 16.2 Å². The summed E-state index contributed by atoms with van der Waals surface area (Å²) in [6.07, 6.45) is -4.66. The van der Waals surface area contributed by atoms with Crippen LogP contribution < -0.4 is 10.1 Å². The van der Waals surface area contributed by atoms with Crippen molar-refractivity contribution in [3.05, 3.63) is 58.6 Å². The van der Waals surface area contributed by atoms with E-state index in [1.807, 2.05) is 31.2 Å². The molecule has 2 rings (SSSR count). The Bertz CT molecular complexity index is 581. The molecule has 0 heterocycles. The molecule has 0 amide bonds. The van der Waals surface area contributed by atoms with E-state index in [0.29, 0.717) is 0 Å². The molecule has 0 spiro atoms. The lowest BCUT2D eigenvalue weighted by Crippen LogP contribution is -2.17. The first-order valence-corrected chi connectivity index (χ1v) is 7.00. The fourth-order valence-electron chi connectivity index (χ4n) is 1.84. The number of halogens is 4. The van der Waals surface area contributed by atoms with Gasteiger partial charge < -0.3 is 10.1 Å². The molecule has 0 aromatic heterocycles. The normalized spacial score (nSPS) is 12.8. The van der Waals surface area contributed by atoms with Gasteiger partial charge in [-0.05, 0) is 48.9 Å². The molecule has 112 valence electrons. The predicted molar refractivity (Wildman–Crippen MR) is 79.3 cm³/mol. The SMILES string of the molecule is CC(Nc1ccc(Br)cc1)c1ccc(OC(F)(F)F)cc1. The van der Waals surface area contributed by atoms with Crippen molar-refractivity contribution >= 4 is 21.6 Å². The minimum absolute atomic E-state index is 0.0360. The van der Waals surface area contributed by atoms with Crippen LogP contribution in [0.5, 0.6) is 5.75 Å². The Labute approximate surface area is 129 Å². The van der Waals surface area contributed by atoms with Crippen LogP contribution in [0, 0.1) is 0 Å². The molecule has 0 aliphatic carbocycles. The third-order valence-corrected chi connectivity index (χ3v) is 3.37. The smallest absolute Gasteiger partial charge is 0.406 e. The third-order valence-electron chi connectivity index (χ3n) is 2.84. The van der Waals surface area contributed by atoms with E-state index in [0.717, 1.165) is 15.7 Å². The second-order valence-electron chi connectivity index (χ2n) is 4.49. The summed E-state index contributed by atoms with van der Waals surface area (Å²) in [5.41, 5.74) is 1.80. The van der Waals surface area contributed by atoms with Gasteiger partial charge in [0.05, 0.1) is 0 Å². The Balaban J connectivity index is 2.02. The largest absolute Gasteiger partial charge is 0.573 e. The highest BCUT2D eigenvalue weighted by molar-refractivity contribution is 9.10.